The van der Waals surface area contributed by atoms with Crippen molar-refractivity contribution < 1.29 is 4.80 Å². The molecule has 1 N–H and O–H groups in total. The maximum atomic E-state index is 9.44. The van der Waals surface area contributed by atoms with Crippen molar-refractivity contribution in [2.45, 2.75) is 13.1 Å². The fourth-order valence-corrected chi connectivity index (χ4v) is 1.20. The zero-order valence-corrected chi connectivity index (χ0v) is 8.33. The Morgan fingerprint density at radius 3 is 2.25 bits per heavy atom. The Balaban J connectivity index is 2.81. The summed E-state index contributed by atoms with van der Waals surface area (Å²) in [5.41, 5.74) is 3.85. The molecule has 62 valence electrons. The number of hydrogen-bond donors (Lipinski definition) is 1. The zero-order chi connectivity index (χ0) is 9.03. The molecule has 0 saturated heterocycles. The molecule has 1 rings (SSSR count). The first kappa shape index (κ1) is 9.05. The average Bonchev–Trinajstić information content (AvgIpc) is 2.02. The highest BCUT2D eigenvalue weighted by atomic mass is 28.4. The highest BCUT2D eigenvalue weighted by Crippen LogP contribution is 1.97. The smallest absolute Gasteiger partial charge is 0.263 e. The normalized spacial score (nSPS) is 10.2. The van der Waals surface area contributed by atoms with Crippen LogP contribution in [-0.2, 0) is 0 Å². The molecular formula is C10H12OSi. The van der Waals surface area contributed by atoms with Crippen molar-refractivity contribution in [2.24, 2.45) is 0 Å². The van der Waals surface area contributed by atoms with Gasteiger partial charge in [0.1, 0.15) is 0 Å². The van der Waals surface area contributed by atoms with E-state index < -0.39 is 8.32 Å². The second kappa shape index (κ2) is 3.57. The highest BCUT2D eigenvalue weighted by molar-refractivity contribution is 6.78. The van der Waals surface area contributed by atoms with E-state index in [1.54, 1.807) is 0 Å². The van der Waals surface area contributed by atoms with E-state index in [0.29, 0.717) is 0 Å². The first-order valence-electron chi connectivity index (χ1n) is 3.88. The first-order chi connectivity index (χ1) is 5.58. The van der Waals surface area contributed by atoms with Crippen LogP contribution >= 0.6 is 0 Å². The van der Waals surface area contributed by atoms with Gasteiger partial charge in [0, 0.05) is 5.56 Å². The van der Waals surface area contributed by atoms with Crippen molar-refractivity contribution in [2.75, 3.05) is 0 Å². The molecule has 0 aliphatic rings. The molecule has 0 aliphatic carbocycles. The van der Waals surface area contributed by atoms with Crippen molar-refractivity contribution in [3.63, 3.8) is 0 Å². The van der Waals surface area contributed by atoms with Crippen molar-refractivity contribution in [3.8, 4) is 11.5 Å². The van der Waals surface area contributed by atoms with Gasteiger partial charge in [0.2, 0.25) is 0 Å². The largest absolute Gasteiger partial charge is 0.422 e. The van der Waals surface area contributed by atoms with Gasteiger partial charge in [-0.2, -0.15) is 0 Å². The maximum Gasteiger partial charge on any atom is 0.263 e. The van der Waals surface area contributed by atoms with Crippen LogP contribution in [0.2, 0.25) is 13.1 Å². The SMILES string of the molecule is C[Si](C)(O)C#Cc1ccccc1. The van der Waals surface area contributed by atoms with Gasteiger partial charge in [0.15, 0.2) is 0 Å². The number of rotatable bonds is 0. The van der Waals surface area contributed by atoms with Crippen LogP contribution in [0.1, 0.15) is 5.56 Å². The van der Waals surface area contributed by atoms with Crippen LogP contribution in [0.4, 0.5) is 0 Å². The molecule has 0 atom stereocenters. The fraction of sp³-hybridized carbons (Fsp3) is 0.200. The van der Waals surface area contributed by atoms with Gasteiger partial charge >= 0.3 is 0 Å². The minimum Gasteiger partial charge on any atom is -0.422 e. The fourth-order valence-electron chi connectivity index (χ4n) is 0.747. The van der Waals surface area contributed by atoms with Crippen LogP contribution in [0.3, 0.4) is 0 Å². The van der Waals surface area contributed by atoms with Crippen molar-refractivity contribution in [1.82, 2.24) is 0 Å². The lowest BCUT2D eigenvalue weighted by atomic mass is 10.2. The molecule has 0 fully saturated rings. The zero-order valence-electron chi connectivity index (χ0n) is 7.33. The van der Waals surface area contributed by atoms with Gasteiger partial charge < -0.3 is 4.80 Å². The molecule has 0 heterocycles. The van der Waals surface area contributed by atoms with E-state index in [1.165, 1.54) is 0 Å². The van der Waals surface area contributed by atoms with Crippen LogP contribution in [0, 0.1) is 11.5 Å². The molecule has 0 amide bonds. The summed E-state index contributed by atoms with van der Waals surface area (Å²) >= 11 is 0. The molecule has 1 nitrogen and oxygen atoms in total. The van der Waals surface area contributed by atoms with E-state index in [1.807, 2.05) is 43.4 Å². The minimum absolute atomic E-state index is 0.965. The summed E-state index contributed by atoms with van der Waals surface area (Å²) in [5.74, 6) is 2.95. The topological polar surface area (TPSA) is 20.2 Å². The monoisotopic (exact) mass is 176 g/mol. The van der Waals surface area contributed by atoms with Crippen LogP contribution < -0.4 is 0 Å². The molecule has 0 aromatic heterocycles. The molecule has 12 heavy (non-hydrogen) atoms. The third-order valence-corrected chi connectivity index (χ3v) is 2.02. The van der Waals surface area contributed by atoms with E-state index in [-0.39, 0.29) is 0 Å². The third kappa shape index (κ3) is 3.38. The van der Waals surface area contributed by atoms with Crippen LogP contribution in [0.25, 0.3) is 0 Å². The van der Waals surface area contributed by atoms with Crippen LogP contribution in [0.5, 0.6) is 0 Å². The summed E-state index contributed by atoms with van der Waals surface area (Å²) in [6, 6.07) is 9.71. The maximum absolute atomic E-state index is 9.44. The Morgan fingerprint density at radius 1 is 1.17 bits per heavy atom. The molecule has 0 saturated carbocycles. The Morgan fingerprint density at radius 2 is 1.75 bits per heavy atom. The predicted molar refractivity (Wildman–Crippen MR) is 53.0 cm³/mol. The number of benzene rings is 1. The quantitative estimate of drug-likeness (QED) is 0.472. The molecule has 1 aromatic carbocycles. The van der Waals surface area contributed by atoms with E-state index in [9.17, 15) is 4.80 Å². The lowest BCUT2D eigenvalue weighted by molar-refractivity contribution is 0.570. The lowest BCUT2D eigenvalue weighted by Crippen LogP contribution is -2.22. The summed E-state index contributed by atoms with van der Waals surface area (Å²) in [4.78, 5) is 9.44. The Bertz CT molecular complexity index is 300. The lowest BCUT2D eigenvalue weighted by Gasteiger charge is -2.01. The van der Waals surface area contributed by atoms with E-state index >= 15 is 0 Å². The van der Waals surface area contributed by atoms with Crippen molar-refractivity contribution in [1.29, 1.82) is 0 Å². The Hall–Kier alpha value is -1.04. The molecule has 0 bridgehead atoms. The molecule has 2 heteroatoms. The van der Waals surface area contributed by atoms with E-state index in [4.69, 9.17) is 0 Å². The van der Waals surface area contributed by atoms with Crippen LogP contribution in [-0.4, -0.2) is 13.1 Å². The Kier molecular flexibility index (Phi) is 2.69. The average molecular weight is 176 g/mol. The van der Waals surface area contributed by atoms with Gasteiger partial charge in [-0.25, -0.2) is 0 Å². The molecule has 1 aromatic rings. The molecule has 0 radical (unpaired) electrons. The van der Waals surface area contributed by atoms with Gasteiger partial charge in [0.05, 0.1) is 0 Å². The first-order valence-corrected chi connectivity index (χ1v) is 6.83. The van der Waals surface area contributed by atoms with Crippen LogP contribution in [0.15, 0.2) is 30.3 Å². The van der Waals surface area contributed by atoms with Gasteiger partial charge in [-0.1, -0.05) is 29.7 Å². The highest BCUT2D eigenvalue weighted by Gasteiger charge is 2.11. The van der Waals surface area contributed by atoms with E-state index in [2.05, 4.69) is 11.5 Å². The minimum atomic E-state index is -2.20. The molecule has 0 aliphatic heterocycles. The summed E-state index contributed by atoms with van der Waals surface area (Å²) in [6.07, 6.45) is 0. The third-order valence-electron chi connectivity index (χ3n) is 1.29. The standard InChI is InChI=1S/C10H12OSi/c1-12(2,11)9-8-10-6-4-3-5-7-10/h3-7,11H,1-2H3. The predicted octanol–water partition coefficient (Wildman–Crippen LogP) is 1.77. The van der Waals surface area contributed by atoms with Gasteiger partial charge in [-0.05, 0) is 25.2 Å². The molecule has 0 spiro atoms. The number of hydrogen-bond acceptors (Lipinski definition) is 1. The Labute approximate surface area is 74.2 Å². The van der Waals surface area contributed by atoms with Gasteiger partial charge in [-0.3, -0.25) is 0 Å². The summed E-state index contributed by atoms with van der Waals surface area (Å²) in [6.45, 7) is 3.62. The molecular weight excluding hydrogens is 164 g/mol. The second-order valence-corrected chi connectivity index (χ2v) is 6.54. The second-order valence-electron chi connectivity index (χ2n) is 3.18. The summed E-state index contributed by atoms with van der Waals surface area (Å²) in [5, 5.41) is 0. The van der Waals surface area contributed by atoms with E-state index in [0.717, 1.165) is 5.56 Å². The van der Waals surface area contributed by atoms with Gasteiger partial charge in [0.25, 0.3) is 8.32 Å². The van der Waals surface area contributed by atoms with Crippen molar-refractivity contribution in [3.05, 3.63) is 35.9 Å². The molecule has 0 unspecified atom stereocenters. The van der Waals surface area contributed by atoms with Gasteiger partial charge in [-0.15, -0.1) is 0 Å². The van der Waals surface area contributed by atoms with Crippen molar-refractivity contribution >= 4 is 8.32 Å². The summed E-state index contributed by atoms with van der Waals surface area (Å²) < 4.78 is 0. The summed E-state index contributed by atoms with van der Waals surface area (Å²) in [7, 11) is -2.20.